The van der Waals surface area contributed by atoms with Gasteiger partial charge in [-0.15, -0.1) is 0 Å². The normalized spacial score (nSPS) is 26.6. The zero-order chi connectivity index (χ0) is 15.5. The lowest BCUT2D eigenvalue weighted by atomic mass is 9.99. The van der Waals surface area contributed by atoms with Crippen molar-refractivity contribution in [3.63, 3.8) is 0 Å². The summed E-state index contributed by atoms with van der Waals surface area (Å²) >= 11 is 0. The van der Waals surface area contributed by atoms with Crippen LogP contribution < -0.4 is 10.1 Å². The summed E-state index contributed by atoms with van der Waals surface area (Å²) in [6, 6.07) is 4.17. The van der Waals surface area contributed by atoms with Gasteiger partial charge in [0.1, 0.15) is 11.9 Å². The number of aromatic nitrogens is 1. The van der Waals surface area contributed by atoms with Gasteiger partial charge >= 0.3 is 0 Å². The minimum atomic E-state index is -0.170. The molecule has 1 N–H and O–H groups in total. The fraction of sp³-hybridized carbons (Fsp3) is 0.562. The first kappa shape index (κ1) is 14.8. The Morgan fingerprint density at radius 3 is 2.50 bits per heavy atom. The average molecular weight is 303 g/mol. The molecule has 2 saturated heterocycles. The second-order valence-corrected chi connectivity index (χ2v) is 5.99. The Bertz CT molecular complexity index is 535. The summed E-state index contributed by atoms with van der Waals surface area (Å²) in [5.74, 6) is 0.680. The SMILES string of the molecule is CC(=O)NCC(=O)N1C2CCC1CC(Oc1ccncc1)C2. The van der Waals surface area contributed by atoms with E-state index in [4.69, 9.17) is 4.74 Å². The van der Waals surface area contributed by atoms with Gasteiger partial charge in [0.05, 0.1) is 6.54 Å². The number of amides is 2. The monoisotopic (exact) mass is 303 g/mol. The molecular weight excluding hydrogens is 282 g/mol. The molecule has 2 aliphatic rings. The van der Waals surface area contributed by atoms with Gasteiger partial charge in [0.15, 0.2) is 0 Å². The molecule has 0 spiro atoms. The van der Waals surface area contributed by atoms with Crippen LogP contribution in [0.3, 0.4) is 0 Å². The number of nitrogens with one attached hydrogen (secondary N) is 1. The van der Waals surface area contributed by atoms with Crippen molar-refractivity contribution >= 4 is 11.8 Å². The van der Waals surface area contributed by atoms with Crippen LogP contribution in [0.2, 0.25) is 0 Å². The Hall–Kier alpha value is -2.11. The van der Waals surface area contributed by atoms with Gasteiger partial charge in [-0.05, 0) is 25.0 Å². The molecule has 0 saturated carbocycles. The number of fused-ring (bicyclic) bond motifs is 2. The molecule has 3 heterocycles. The summed E-state index contributed by atoms with van der Waals surface area (Å²) in [7, 11) is 0. The maximum absolute atomic E-state index is 12.3. The number of nitrogens with zero attached hydrogens (tertiary/aromatic N) is 2. The highest BCUT2D eigenvalue weighted by Gasteiger charge is 2.43. The molecule has 2 fully saturated rings. The molecule has 22 heavy (non-hydrogen) atoms. The Kier molecular flexibility index (Phi) is 4.27. The Balaban J connectivity index is 1.59. The van der Waals surface area contributed by atoms with Crippen molar-refractivity contribution in [1.82, 2.24) is 15.2 Å². The first-order chi connectivity index (χ1) is 10.6. The molecular formula is C16H21N3O3. The number of hydrogen-bond donors (Lipinski definition) is 1. The van der Waals surface area contributed by atoms with Crippen molar-refractivity contribution in [1.29, 1.82) is 0 Å². The minimum Gasteiger partial charge on any atom is -0.490 e. The second kappa shape index (κ2) is 6.34. The molecule has 0 aromatic carbocycles. The lowest BCUT2D eigenvalue weighted by Gasteiger charge is -2.39. The van der Waals surface area contributed by atoms with Crippen molar-refractivity contribution in [2.75, 3.05) is 6.54 Å². The molecule has 2 bridgehead atoms. The van der Waals surface area contributed by atoms with Gasteiger partial charge in [0, 0.05) is 44.2 Å². The van der Waals surface area contributed by atoms with Crippen molar-refractivity contribution in [3.8, 4) is 5.75 Å². The van der Waals surface area contributed by atoms with Crippen LogP contribution in [0, 0.1) is 0 Å². The zero-order valence-corrected chi connectivity index (χ0v) is 12.7. The lowest BCUT2D eigenvalue weighted by Crippen LogP contribution is -2.52. The number of carbonyl (C=O) groups excluding carboxylic acids is 2. The van der Waals surface area contributed by atoms with Crippen LogP contribution in [-0.4, -0.2) is 46.4 Å². The molecule has 3 rings (SSSR count). The molecule has 2 atom stereocenters. The molecule has 1 aromatic rings. The molecule has 6 nitrogen and oxygen atoms in total. The van der Waals surface area contributed by atoms with Gasteiger partial charge in [-0.25, -0.2) is 0 Å². The number of rotatable bonds is 4. The Morgan fingerprint density at radius 1 is 1.27 bits per heavy atom. The fourth-order valence-corrected chi connectivity index (χ4v) is 3.53. The number of hydrogen-bond acceptors (Lipinski definition) is 4. The minimum absolute atomic E-state index is 0.0186. The first-order valence-corrected chi connectivity index (χ1v) is 7.76. The third-order valence-corrected chi connectivity index (χ3v) is 4.42. The molecule has 2 aliphatic heterocycles. The van der Waals surface area contributed by atoms with E-state index < -0.39 is 0 Å². The van der Waals surface area contributed by atoms with Gasteiger partial charge in [-0.3, -0.25) is 14.6 Å². The van der Waals surface area contributed by atoms with Gasteiger partial charge in [0.25, 0.3) is 0 Å². The van der Waals surface area contributed by atoms with E-state index in [9.17, 15) is 9.59 Å². The van der Waals surface area contributed by atoms with E-state index in [0.29, 0.717) is 0 Å². The number of ether oxygens (including phenoxy) is 1. The third kappa shape index (κ3) is 3.21. The van der Waals surface area contributed by atoms with Crippen LogP contribution in [0.5, 0.6) is 5.75 Å². The van der Waals surface area contributed by atoms with Crippen LogP contribution in [0.4, 0.5) is 0 Å². The number of pyridine rings is 1. The smallest absolute Gasteiger partial charge is 0.242 e. The maximum Gasteiger partial charge on any atom is 0.242 e. The van der Waals surface area contributed by atoms with E-state index in [1.807, 2.05) is 17.0 Å². The van der Waals surface area contributed by atoms with Crippen LogP contribution >= 0.6 is 0 Å². The predicted molar refractivity (Wildman–Crippen MR) is 80.2 cm³/mol. The summed E-state index contributed by atoms with van der Waals surface area (Å²) in [6.45, 7) is 1.52. The molecule has 118 valence electrons. The highest BCUT2D eigenvalue weighted by Crippen LogP contribution is 2.37. The zero-order valence-electron chi connectivity index (χ0n) is 12.7. The Morgan fingerprint density at radius 2 is 1.91 bits per heavy atom. The summed E-state index contributed by atoms with van der Waals surface area (Å²) in [5.41, 5.74) is 0. The summed E-state index contributed by atoms with van der Waals surface area (Å²) in [4.78, 5) is 29.2. The van der Waals surface area contributed by atoms with Crippen molar-refractivity contribution in [3.05, 3.63) is 24.5 Å². The van der Waals surface area contributed by atoms with Crippen molar-refractivity contribution in [2.24, 2.45) is 0 Å². The first-order valence-electron chi connectivity index (χ1n) is 7.76. The van der Waals surface area contributed by atoms with Crippen molar-refractivity contribution in [2.45, 2.75) is 50.8 Å². The van der Waals surface area contributed by atoms with E-state index in [1.54, 1.807) is 12.4 Å². The highest BCUT2D eigenvalue weighted by atomic mass is 16.5. The van der Waals surface area contributed by atoms with E-state index in [1.165, 1.54) is 6.92 Å². The second-order valence-electron chi connectivity index (χ2n) is 5.99. The van der Waals surface area contributed by atoms with E-state index >= 15 is 0 Å². The highest BCUT2D eigenvalue weighted by molar-refractivity contribution is 5.84. The fourth-order valence-electron chi connectivity index (χ4n) is 3.53. The lowest BCUT2D eigenvalue weighted by molar-refractivity contribution is -0.137. The molecule has 1 aromatic heterocycles. The predicted octanol–water partition coefficient (Wildman–Crippen LogP) is 1.12. The molecule has 2 unspecified atom stereocenters. The molecule has 2 amide bonds. The largest absolute Gasteiger partial charge is 0.490 e. The quantitative estimate of drug-likeness (QED) is 0.905. The molecule has 0 radical (unpaired) electrons. The average Bonchev–Trinajstić information content (AvgIpc) is 2.77. The summed E-state index contributed by atoms with van der Waals surface area (Å²) in [5, 5.41) is 2.59. The van der Waals surface area contributed by atoms with Gasteiger partial charge in [-0.1, -0.05) is 0 Å². The Labute approximate surface area is 129 Å². The van der Waals surface area contributed by atoms with Crippen LogP contribution in [0.1, 0.15) is 32.6 Å². The maximum atomic E-state index is 12.3. The van der Waals surface area contributed by atoms with Gasteiger partial charge in [-0.2, -0.15) is 0 Å². The van der Waals surface area contributed by atoms with E-state index in [2.05, 4.69) is 10.3 Å². The molecule has 0 aliphatic carbocycles. The van der Waals surface area contributed by atoms with E-state index in [-0.39, 0.29) is 36.5 Å². The third-order valence-electron chi connectivity index (χ3n) is 4.42. The standard InChI is InChI=1S/C16H21N3O3/c1-11(20)18-10-16(21)19-12-2-3-13(19)9-15(8-12)22-14-4-6-17-7-5-14/h4-7,12-13,15H,2-3,8-10H2,1H3,(H,18,20). The van der Waals surface area contributed by atoms with Crippen LogP contribution in [0.15, 0.2) is 24.5 Å². The summed E-state index contributed by atoms with van der Waals surface area (Å²) < 4.78 is 6.01. The number of carbonyl (C=O) groups is 2. The van der Waals surface area contributed by atoms with Gasteiger partial charge < -0.3 is 15.0 Å². The van der Waals surface area contributed by atoms with Crippen molar-refractivity contribution < 1.29 is 14.3 Å². The van der Waals surface area contributed by atoms with E-state index in [0.717, 1.165) is 31.4 Å². The van der Waals surface area contributed by atoms with Crippen LogP contribution in [-0.2, 0) is 9.59 Å². The molecule has 6 heteroatoms. The topological polar surface area (TPSA) is 71.5 Å². The van der Waals surface area contributed by atoms with Crippen LogP contribution in [0.25, 0.3) is 0 Å². The number of piperidine rings is 1. The summed E-state index contributed by atoms with van der Waals surface area (Å²) in [6.07, 6.45) is 7.32. The van der Waals surface area contributed by atoms with Gasteiger partial charge in [0.2, 0.25) is 11.8 Å².